The SMILES string of the molecule is CCCc1cccc2c1C1C3CCC(C3)C21. The highest BCUT2D eigenvalue weighted by Gasteiger charge is 2.55. The van der Waals surface area contributed by atoms with Crippen molar-refractivity contribution in [2.75, 3.05) is 0 Å². The van der Waals surface area contributed by atoms with E-state index < -0.39 is 0 Å². The summed E-state index contributed by atoms with van der Waals surface area (Å²) in [6.45, 7) is 2.30. The number of benzene rings is 1. The molecule has 0 radical (unpaired) electrons. The zero-order valence-electron chi connectivity index (χ0n) is 10.1. The van der Waals surface area contributed by atoms with E-state index in [1.807, 2.05) is 0 Å². The van der Waals surface area contributed by atoms with Crippen molar-refractivity contribution in [3.05, 3.63) is 34.9 Å². The van der Waals surface area contributed by atoms with Gasteiger partial charge < -0.3 is 0 Å². The molecule has 3 aliphatic rings. The van der Waals surface area contributed by atoms with Crippen molar-refractivity contribution in [1.29, 1.82) is 0 Å². The standard InChI is InChI=1S/C16H20/c1-2-4-10-5-3-6-13-14(10)16-12-8-7-11(9-12)15(13)16/h3,5-6,11-12,15-16H,2,4,7-9H2,1H3. The van der Waals surface area contributed by atoms with Crippen LogP contribution in [0.5, 0.6) is 0 Å². The number of fused-ring (bicyclic) bond motifs is 8. The summed E-state index contributed by atoms with van der Waals surface area (Å²) in [6, 6.07) is 7.09. The van der Waals surface area contributed by atoms with Crippen LogP contribution in [0, 0.1) is 11.8 Å². The van der Waals surface area contributed by atoms with E-state index in [2.05, 4.69) is 25.1 Å². The first kappa shape index (κ1) is 9.27. The van der Waals surface area contributed by atoms with Gasteiger partial charge in [0.2, 0.25) is 0 Å². The van der Waals surface area contributed by atoms with Crippen LogP contribution in [0.3, 0.4) is 0 Å². The molecule has 0 aromatic heterocycles. The highest BCUT2D eigenvalue weighted by atomic mass is 14.6. The molecular formula is C16H20. The predicted molar refractivity (Wildman–Crippen MR) is 66.8 cm³/mol. The minimum atomic E-state index is 0.977. The monoisotopic (exact) mass is 212 g/mol. The van der Waals surface area contributed by atoms with Gasteiger partial charge in [0, 0.05) is 0 Å². The van der Waals surface area contributed by atoms with Gasteiger partial charge in [-0.2, -0.15) is 0 Å². The van der Waals surface area contributed by atoms with E-state index in [1.165, 1.54) is 32.1 Å². The smallest absolute Gasteiger partial charge is 0.00563 e. The molecule has 2 saturated carbocycles. The summed E-state index contributed by atoms with van der Waals surface area (Å²) in [5.74, 6) is 4.07. The van der Waals surface area contributed by atoms with Gasteiger partial charge in [0.15, 0.2) is 0 Å². The first-order valence-corrected chi connectivity index (χ1v) is 7.02. The van der Waals surface area contributed by atoms with Crippen LogP contribution < -0.4 is 0 Å². The molecular weight excluding hydrogens is 192 g/mol. The topological polar surface area (TPSA) is 0 Å². The Morgan fingerprint density at radius 1 is 1.12 bits per heavy atom. The fraction of sp³-hybridized carbons (Fsp3) is 0.625. The largest absolute Gasteiger partial charge is 0.0651 e. The molecule has 0 aliphatic heterocycles. The summed E-state index contributed by atoms with van der Waals surface area (Å²) in [5, 5.41) is 0. The second kappa shape index (κ2) is 3.12. The molecule has 0 amide bonds. The van der Waals surface area contributed by atoms with Gasteiger partial charge in [0.1, 0.15) is 0 Å². The van der Waals surface area contributed by atoms with Gasteiger partial charge in [-0.05, 0) is 66.0 Å². The minimum absolute atomic E-state index is 0.977. The van der Waals surface area contributed by atoms with Crippen LogP contribution >= 0.6 is 0 Å². The molecule has 16 heavy (non-hydrogen) atoms. The van der Waals surface area contributed by atoms with E-state index in [1.54, 1.807) is 16.7 Å². The first-order valence-electron chi connectivity index (χ1n) is 7.02. The highest BCUT2D eigenvalue weighted by Crippen LogP contribution is 2.68. The summed E-state index contributed by atoms with van der Waals surface area (Å²) in [4.78, 5) is 0. The number of aryl methyl sites for hydroxylation is 1. The second-order valence-electron chi connectivity index (χ2n) is 6.05. The fourth-order valence-corrected chi connectivity index (χ4v) is 4.88. The van der Waals surface area contributed by atoms with Crippen LogP contribution in [0.1, 0.15) is 61.1 Å². The Labute approximate surface area is 98.1 Å². The second-order valence-corrected chi connectivity index (χ2v) is 6.05. The average molecular weight is 212 g/mol. The maximum Gasteiger partial charge on any atom is -0.00563 e. The summed E-state index contributed by atoms with van der Waals surface area (Å²) in [6.07, 6.45) is 7.16. The number of rotatable bonds is 2. The molecule has 1 aromatic rings. The third-order valence-electron chi connectivity index (χ3n) is 5.36. The predicted octanol–water partition coefficient (Wildman–Crippen LogP) is 4.25. The summed E-state index contributed by atoms with van der Waals surface area (Å²) in [5.41, 5.74) is 5.21. The molecule has 4 unspecified atom stereocenters. The van der Waals surface area contributed by atoms with Crippen LogP contribution in [-0.2, 0) is 6.42 Å². The molecule has 0 spiro atoms. The normalized spacial score (nSPS) is 38.1. The summed E-state index contributed by atoms with van der Waals surface area (Å²) in [7, 11) is 0. The Bertz CT molecular complexity index is 432. The summed E-state index contributed by atoms with van der Waals surface area (Å²) >= 11 is 0. The Morgan fingerprint density at radius 2 is 1.94 bits per heavy atom. The zero-order chi connectivity index (χ0) is 10.7. The first-order chi connectivity index (χ1) is 7.90. The Hall–Kier alpha value is -0.780. The Morgan fingerprint density at radius 3 is 2.75 bits per heavy atom. The summed E-state index contributed by atoms with van der Waals surface area (Å²) < 4.78 is 0. The van der Waals surface area contributed by atoms with Gasteiger partial charge in [-0.15, -0.1) is 0 Å². The van der Waals surface area contributed by atoms with Crippen LogP contribution in [-0.4, -0.2) is 0 Å². The zero-order valence-corrected chi connectivity index (χ0v) is 10.1. The van der Waals surface area contributed by atoms with Crippen LogP contribution in [0.15, 0.2) is 18.2 Å². The van der Waals surface area contributed by atoms with Crippen molar-refractivity contribution in [3.8, 4) is 0 Å². The molecule has 0 heterocycles. The molecule has 2 bridgehead atoms. The lowest BCUT2D eigenvalue weighted by molar-refractivity contribution is 0.320. The molecule has 84 valence electrons. The molecule has 2 fully saturated rings. The lowest BCUT2D eigenvalue weighted by atomic mass is 9.60. The molecule has 0 nitrogen and oxygen atoms in total. The van der Waals surface area contributed by atoms with Crippen LogP contribution in [0.25, 0.3) is 0 Å². The molecule has 1 aromatic carbocycles. The minimum Gasteiger partial charge on any atom is -0.0651 e. The quantitative estimate of drug-likeness (QED) is 0.687. The van der Waals surface area contributed by atoms with Crippen molar-refractivity contribution in [1.82, 2.24) is 0 Å². The maximum atomic E-state index is 2.41. The molecule has 0 heteroatoms. The van der Waals surface area contributed by atoms with Gasteiger partial charge in [0.05, 0.1) is 0 Å². The molecule has 3 aliphatic carbocycles. The Balaban J connectivity index is 1.80. The van der Waals surface area contributed by atoms with E-state index in [4.69, 9.17) is 0 Å². The van der Waals surface area contributed by atoms with Crippen LogP contribution in [0.4, 0.5) is 0 Å². The van der Waals surface area contributed by atoms with E-state index >= 15 is 0 Å². The van der Waals surface area contributed by atoms with Crippen molar-refractivity contribution >= 4 is 0 Å². The third kappa shape index (κ3) is 0.965. The van der Waals surface area contributed by atoms with Gasteiger partial charge in [-0.1, -0.05) is 31.5 Å². The molecule has 4 atom stereocenters. The van der Waals surface area contributed by atoms with Crippen molar-refractivity contribution < 1.29 is 0 Å². The lowest BCUT2D eigenvalue weighted by Crippen LogP contribution is -2.31. The highest BCUT2D eigenvalue weighted by molar-refractivity contribution is 5.53. The van der Waals surface area contributed by atoms with E-state index in [0.29, 0.717) is 0 Å². The fourth-order valence-electron chi connectivity index (χ4n) is 4.88. The van der Waals surface area contributed by atoms with E-state index in [9.17, 15) is 0 Å². The molecule has 0 N–H and O–H groups in total. The van der Waals surface area contributed by atoms with Gasteiger partial charge in [-0.3, -0.25) is 0 Å². The molecule has 0 saturated heterocycles. The van der Waals surface area contributed by atoms with Crippen molar-refractivity contribution in [3.63, 3.8) is 0 Å². The lowest BCUT2D eigenvalue weighted by Gasteiger charge is -2.44. The van der Waals surface area contributed by atoms with Crippen molar-refractivity contribution in [2.24, 2.45) is 11.8 Å². The van der Waals surface area contributed by atoms with Gasteiger partial charge >= 0.3 is 0 Å². The third-order valence-corrected chi connectivity index (χ3v) is 5.36. The van der Waals surface area contributed by atoms with Gasteiger partial charge in [0.25, 0.3) is 0 Å². The van der Waals surface area contributed by atoms with E-state index in [0.717, 1.165) is 23.7 Å². The van der Waals surface area contributed by atoms with Crippen LogP contribution in [0.2, 0.25) is 0 Å². The number of hydrogen-bond acceptors (Lipinski definition) is 0. The Kier molecular flexibility index (Phi) is 1.81. The molecule has 4 rings (SSSR count). The number of hydrogen-bond donors (Lipinski definition) is 0. The van der Waals surface area contributed by atoms with Crippen molar-refractivity contribution in [2.45, 2.75) is 50.9 Å². The van der Waals surface area contributed by atoms with E-state index in [-0.39, 0.29) is 0 Å². The van der Waals surface area contributed by atoms with Gasteiger partial charge in [-0.25, -0.2) is 0 Å². The maximum absolute atomic E-state index is 2.41. The average Bonchev–Trinajstić information content (AvgIpc) is 2.81.